The Morgan fingerprint density at radius 1 is 1.56 bits per heavy atom. The van der Waals surface area contributed by atoms with Crippen molar-refractivity contribution < 1.29 is 14.6 Å². The van der Waals surface area contributed by atoms with Crippen molar-refractivity contribution in [3.05, 3.63) is 10.6 Å². The van der Waals surface area contributed by atoms with E-state index in [-0.39, 0.29) is 0 Å². The summed E-state index contributed by atoms with van der Waals surface area (Å²) < 4.78 is 5.14. The van der Waals surface area contributed by atoms with Crippen molar-refractivity contribution in [2.75, 3.05) is 5.32 Å². The molecule has 1 heterocycles. The van der Waals surface area contributed by atoms with Gasteiger partial charge in [-0.05, 0) is 34.6 Å². The van der Waals surface area contributed by atoms with E-state index in [0.717, 1.165) is 10.6 Å². The fraction of sp³-hybridized carbons (Fsp3) is 0.667. The summed E-state index contributed by atoms with van der Waals surface area (Å²) in [5.41, 5.74) is 0.297. The lowest BCUT2D eigenvalue weighted by Crippen LogP contribution is -2.27. The van der Waals surface area contributed by atoms with Gasteiger partial charge in [0.05, 0.1) is 11.8 Å². The van der Waals surface area contributed by atoms with Crippen LogP contribution in [0.25, 0.3) is 0 Å². The number of carbonyl (C=O) groups excluding carboxylic acids is 1. The number of anilines is 1. The van der Waals surface area contributed by atoms with Gasteiger partial charge in [0.25, 0.3) is 0 Å². The zero-order chi connectivity index (χ0) is 13.9. The summed E-state index contributed by atoms with van der Waals surface area (Å²) in [4.78, 5) is 16.8. The van der Waals surface area contributed by atoms with Crippen molar-refractivity contribution in [3.63, 3.8) is 0 Å². The first-order valence-corrected chi connectivity index (χ1v) is 6.63. The first-order chi connectivity index (χ1) is 8.17. The van der Waals surface area contributed by atoms with Crippen LogP contribution in [0.1, 0.15) is 38.3 Å². The van der Waals surface area contributed by atoms with Gasteiger partial charge in [-0.1, -0.05) is 0 Å². The number of carbonyl (C=O) groups is 1. The van der Waals surface area contributed by atoms with E-state index in [1.54, 1.807) is 27.7 Å². The van der Waals surface area contributed by atoms with Gasteiger partial charge in [-0.15, -0.1) is 11.3 Å². The molecule has 1 amide bonds. The fourth-order valence-corrected chi connectivity index (χ4v) is 2.40. The molecule has 0 unspecified atom stereocenters. The Labute approximate surface area is 111 Å². The second kappa shape index (κ2) is 5.67. The number of amides is 1. The first-order valence-electron chi connectivity index (χ1n) is 5.82. The zero-order valence-electron chi connectivity index (χ0n) is 11.4. The van der Waals surface area contributed by atoms with Gasteiger partial charge in [0.1, 0.15) is 5.60 Å². The molecule has 0 aliphatic carbocycles. The Balaban J connectivity index is 2.66. The highest BCUT2D eigenvalue weighted by Gasteiger charge is 2.18. The fourth-order valence-electron chi connectivity index (χ4n) is 1.33. The summed E-state index contributed by atoms with van der Waals surface area (Å²) >= 11 is 1.36. The van der Waals surface area contributed by atoms with Crippen molar-refractivity contribution in [2.45, 2.75) is 52.7 Å². The number of hydrogen-bond donors (Lipinski definition) is 2. The number of nitrogens with one attached hydrogen (secondary N) is 1. The van der Waals surface area contributed by atoms with Crippen LogP contribution in [0, 0.1) is 6.92 Å². The molecule has 1 aromatic heterocycles. The Morgan fingerprint density at radius 3 is 2.67 bits per heavy atom. The zero-order valence-corrected chi connectivity index (χ0v) is 12.2. The molecule has 0 bridgehead atoms. The normalized spacial score (nSPS) is 13.2. The van der Waals surface area contributed by atoms with Gasteiger partial charge in [0.2, 0.25) is 0 Å². The summed E-state index contributed by atoms with van der Waals surface area (Å²) in [5.74, 6) is 0. The summed E-state index contributed by atoms with van der Waals surface area (Å²) in [7, 11) is 0. The summed E-state index contributed by atoms with van der Waals surface area (Å²) in [6.45, 7) is 8.99. The average molecular weight is 272 g/mol. The van der Waals surface area contributed by atoms with Crippen LogP contribution in [0.15, 0.2) is 0 Å². The van der Waals surface area contributed by atoms with Crippen molar-refractivity contribution in [1.29, 1.82) is 0 Å². The van der Waals surface area contributed by atoms with Gasteiger partial charge in [0, 0.05) is 11.3 Å². The molecule has 0 aliphatic rings. The Morgan fingerprint density at radius 2 is 2.17 bits per heavy atom. The van der Waals surface area contributed by atoms with Crippen molar-refractivity contribution in [1.82, 2.24) is 4.98 Å². The molecule has 0 fully saturated rings. The summed E-state index contributed by atoms with van der Waals surface area (Å²) in [5, 5.41) is 12.4. The van der Waals surface area contributed by atoms with Gasteiger partial charge in [0.15, 0.2) is 5.13 Å². The third-order valence-corrected chi connectivity index (χ3v) is 3.08. The molecular formula is C12H20N2O3S. The molecule has 2 N–H and O–H groups in total. The monoisotopic (exact) mass is 272 g/mol. The van der Waals surface area contributed by atoms with Crippen LogP contribution < -0.4 is 5.32 Å². The minimum Gasteiger partial charge on any atom is -0.444 e. The second-order valence-corrected chi connectivity index (χ2v) is 6.29. The SMILES string of the molecule is Cc1nc(NC(=O)OC(C)(C)C)sc1C[C@H](C)O. The third-order valence-electron chi connectivity index (χ3n) is 1.98. The van der Waals surface area contributed by atoms with Crippen LogP contribution in [-0.4, -0.2) is 27.9 Å². The predicted octanol–water partition coefficient (Wildman–Crippen LogP) is 2.72. The van der Waals surface area contributed by atoms with Crippen molar-refractivity contribution >= 4 is 22.6 Å². The Kier molecular flexibility index (Phi) is 4.70. The van der Waals surface area contributed by atoms with Crippen LogP contribution in [-0.2, 0) is 11.2 Å². The topological polar surface area (TPSA) is 71.5 Å². The van der Waals surface area contributed by atoms with Gasteiger partial charge in [-0.3, -0.25) is 5.32 Å². The molecule has 18 heavy (non-hydrogen) atoms. The quantitative estimate of drug-likeness (QED) is 0.887. The van der Waals surface area contributed by atoms with Gasteiger partial charge >= 0.3 is 6.09 Å². The number of aryl methyl sites for hydroxylation is 1. The second-order valence-electron chi connectivity index (χ2n) is 5.21. The maximum absolute atomic E-state index is 11.6. The number of aliphatic hydroxyl groups is 1. The molecule has 0 aliphatic heterocycles. The lowest BCUT2D eigenvalue weighted by Gasteiger charge is -2.18. The molecule has 0 spiro atoms. The van der Waals surface area contributed by atoms with Gasteiger partial charge in [-0.25, -0.2) is 9.78 Å². The maximum atomic E-state index is 11.6. The largest absolute Gasteiger partial charge is 0.444 e. The van der Waals surface area contributed by atoms with Crippen LogP contribution in [0.5, 0.6) is 0 Å². The van der Waals surface area contributed by atoms with E-state index >= 15 is 0 Å². The molecule has 6 heteroatoms. The lowest BCUT2D eigenvalue weighted by molar-refractivity contribution is 0.0636. The number of ether oxygens (including phenoxy) is 1. The molecule has 0 saturated heterocycles. The number of hydrogen-bond acceptors (Lipinski definition) is 5. The highest BCUT2D eigenvalue weighted by atomic mass is 32.1. The number of rotatable bonds is 3. The minimum atomic E-state index is -0.529. The van der Waals surface area contributed by atoms with E-state index in [2.05, 4.69) is 10.3 Å². The molecule has 102 valence electrons. The molecule has 1 aromatic rings. The third kappa shape index (κ3) is 5.01. The standard InChI is InChI=1S/C12H20N2O3S/c1-7(15)6-9-8(2)13-10(18-9)14-11(16)17-12(3,4)5/h7,15H,6H2,1-5H3,(H,13,14,16)/t7-/m0/s1. The molecule has 0 saturated carbocycles. The van der Waals surface area contributed by atoms with Gasteiger partial charge < -0.3 is 9.84 Å². The molecule has 1 rings (SSSR count). The first kappa shape index (κ1) is 14.9. The van der Waals surface area contributed by atoms with Crippen LogP contribution in [0.3, 0.4) is 0 Å². The number of aliphatic hydroxyl groups excluding tert-OH is 1. The Hall–Kier alpha value is -1.14. The van der Waals surface area contributed by atoms with E-state index in [1.807, 2.05) is 6.92 Å². The smallest absolute Gasteiger partial charge is 0.413 e. The highest BCUT2D eigenvalue weighted by molar-refractivity contribution is 7.15. The predicted molar refractivity (Wildman–Crippen MR) is 72.1 cm³/mol. The number of thiazole rings is 1. The van der Waals surface area contributed by atoms with E-state index in [4.69, 9.17) is 4.74 Å². The lowest BCUT2D eigenvalue weighted by atomic mass is 10.2. The van der Waals surface area contributed by atoms with Gasteiger partial charge in [-0.2, -0.15) is 0 Å². The van der Waals surface area contributed by atoms with E-state index in [1.165, 1.54) is 11.3 Å². The van der Waals surface area contributed by atoms with E-state index in [0.29, 0.717) is 11.6 Å². The van der Waals surface area contributed by atoms with Crippen LogP contribution >= 0.6 is 11.3 Å². The van der Waals surface area contributed by atoms with Crippen molar-refractivity contribution in [2.24, 2.45) is 0 Å². The van der Waals surface area contributed by atoms with Crippen LogP contribution in [0.2, 0.25) is 0 Å². The number of nitrogens with zero attached hydrogens (tertiary/aromatic N) is 1. The summed E-state index contributed by atoms with van der Waals surface area (Å²) in [6.07, 6.45) is -0.391. The minimum absolute atomic E-state index is 0.418. The van der Waals surface area contributed by atoms with Crippen molar-refractivity contribution in [3.8, 4) is 0 Å². The van der Waals surface area contributed by atoms with E-state index < -0.39 is 17.8 Å². The number of aromatic nitrogens is 1. The van der Waals surface area contributed by atoms with Crippen LogP contribution in [0.4, 0.5) is 9.93 Å². The summed E-state index contributed by atoms with van der Waals surface area (Å²) in [6, 6.07) is 0. The van der Waals surface area contributed by atoms with E-state index in [9.17, 15) is 9.90 Å². The molecule has 1 atom stereocenters. The average Bonchev–Trinajstić information content (AvgIpc) is 2.41. The molecule has 0 radical (unpaired) electrons. The molecule has 5 nitrogen and oxygen atoms in total. The highest BCUT2D eigenvalue weighted by Crippen LogP contribution is 2.24. The molecular weight excluding hydrogens is 252 g/mol. The Bertz CT molecular complexity index is 421. The maximum Gasteiger partial charge on any atom is 0.413 e. The molecule has 0 aromatic carbocycles.